The second-order valence-electron chi connectivity index (χ2n) is 5.63. The van der Waals surface area contributed by atoms with Gasteiger partial charge in [0, 0.05) is 45.9 Å². The molecule has 124 valence electrons. The van der Waals surface area contributed by atoms with E-state index in [9.17, 15) is 5.11 Å². The summed E-state index contributed by atoms with van der Waals surface area (Å²) in [5.74, 6) is 0.818. The molecule has 5 nitrogen and oxygen atoms in total. The first-order valence-electron chi connectivity index (χ1n) is 8.07. The summed E-state index contributed by atoms with van der Waals surface area (Å²) in [6, 6.07) is 7.65. The largest absolute Gasteiger partial charge is 0.497 e. The molecule has 1 aliphatic rings. The summed E-state index contributed by atoms with van der Waals surface area (Å²) in [4.78, 5) is 4.75. The van der Waals surface area contributed by atoms with Crippen LogP contribution in [0.5, 0.6) is 5.75 Å². The lowest BCUT2D eigenvalue weighted by atomic mass is 10.1. The smallest absolute Gasteiger partial charge is 0.118 e. The van der Waals surface area contributed by atoms with Gasteiger partial charge in [0.2, 0.25) is 0 Å². The molecule has 5 heteroatoms. The molecule has 1 saturated heterocycles. The van der Waals surface area contributed by atoms with Crippen molar-refractivity contribution in [2.24, 2.45) is 0 Å². The summed E-state index contributed by atoms with van der Waals surface area (Å²) in [5, 5.41) is 10.4. The summed E-state index contributed by atoms with van der Waals surface area (Å²) >= 11 is 0. The van der Waals surface area contributed by atoms with Crippen molar-refractivity contribution < 1.29 is 14.6 Å². The predicted octanol–water partition coefficient (Wildman–Crippen LogP) is 1.38. The van der Waals surface area contributed by atoms with Gasteiger partial charge in [-0.3, -0.25) is 9.80 Å². The second-order valence-corrected chi connectivity index (χ2v) is 5.63. The Hall–Kier alpha value is -1.14. The molecule has 1 aromatic rings. The van der Waals surface area contributed by atoms with E-state index in [4.69, 9.17) is 9.47 Å². The number of hydrogen-bond donors (Lipinski definition) is 1. The van der Waals surface area contributed by atoms with Crippen LogP contribution < -0.4 is 4.74 Å². The van der Waals surface area contributed by atoms with Crippen LogP contribution in [0.4, 0.5) is 0 Å². The van der Waals surface area contributed by atoms with Gasteiger partial charge < -0.3 is 14.6 Å². The van der Waals surface area contributed by atoms with E-state index in [2.05, 4.69) is 9.80 Å². The van der Waals surface area contributed by atoms with Crippen LogP contribution in [0.3, 0.4) is 0 Å². The molecule has 1 N–H and O–H groups in total. The van der Waals surface area contributed by atoms with Crippen molar-refractivity contribution >= 4 is 0 Å². The van der Waals surface area contributed by atoms with Gasteiger partial charge in [0.25, 0.3) is 0 Å². The standard InChI is InChI=1S/C17H28N2O3/c1-3-22-13-12-18-8-10-19(11-9-18)14-17(20)15-4-6-16(21-2)7-5-15/h4-7,17,20H,3,8-14H2,1-2H3/t17-/m0/s1. The van der Waals surface area contributed by atoms with Crippen molar-refractivity contribution in [1.82, 2.24) is 9.80 Å². The Morgan fingerprint density at radius 1 is 1.09 bits per heavy atom. The van der Waals surface area contributed by atoms with Gasteiger partial charge in [0.05, 0.1) is 19.8 Å². The van der Waals surface area contributed by atoms with Crippen LogP contribution in [-0.4, -0.2) is 74.5 Å². The average Bonchev–Trinajstić information content (AvgIpc) is 2.57. The van der Waals surface area contributed by atoms with E-state index in [1.807, 2.05) is 31.2 Å². The number of hydrogen-bond acceptors (Lipinski definition) is 5. The highest BCUT2D eigenvalue weighted by Gasteiger charge is 2.19. The van der Waals surface area contributed by atoms with Crippen LogP contribution in [0.15, 0.2) is 24.3 Å². The number of piperazine rings is 1. The molecule has 0 spiro atoms. The first-order chi connectivity index (χ1) is 10.7. The number of aliphatic hydroxyl groups excluding tert-OH is 1. The summed E-state index contributed by atoms with van der Waals surface area (Å²) in [5.41, 5.74) is 0.944. The maximum Gasteiger partial charge on any atom is 0.118 e. The molecular weight excluding hydrogens is 280 g/mol. The molecule has 1 aromatic carbocycles. The van der Waals surface area contributed by atoms with E-state index in [0.717, 1.165) is 57.3 Å². The Balaban J connectivity index is 1.72. The third-order valence-corrected chi connectivity index (χ3v) is 4.15. The lowest BCUT2D eigenvalue weighted by Crippen LogP contribution is -2.48. The van der Waals surface area contributed by atoms with Gasteiger partial charge in [-0.15, -0.1) is 0 Å². The monoisotopic (exact) mass is 308 g/mol. The highest BCUT2D eigenvalue weighted by Crippen LogP contribution is 2.19. The molecule has 1 aliphatic heterocycles. The fourth-order valence-corrected chi connectivity index (χ4v) is 2.71. The number of rotatable bonds is 8. The number of methoxy groups -OCH3 is 1. The van der Waals surface area contributed by atoms with Crippen LogP contribution in [0.2, 0.25) is 0 Å². The molecule has 0 radical (unpaired) electrons. The van der Waals surface area contributed by atoms with Gasteiger partial charge in [-0.2, -0.15) is 0 Å². The fourth-order valence-electron chi connectivity index (χ4n) is 2.71. The van der Waals surface area contributed by atoms with E-state index < -0.39 is 6.10 Å². The Morgan fingerprint density at radius 3 is 2.32 bits per heavy atom. The van der Waals surface area contributed by atoms with E-state index >= 15 is 0 Å². The van der Waals surface area contributed by atoms with Crippen LogP contribution in [0.1, 0.15) is 18.6 Å². The molecule has 1 heterocycles. The molecule has 0 amide bonds. The molecule has 0 aromatic heterocycles. The Morgan fingerprint density at radius 2 is 1.73 bits per heavy atom. The van der Waals surface area contributed by atoms with Crippen molar-refractivity contribution in [1.29, 1.82) is 0 Å². The highest BCUT2D eigenvalue weighted by atomic mass is 16.5. The number of nitrogens with zero attached hydrogens (tertiary/aromatic N) is 2. The summed E-state index contributed by atoms with van der Waals surface area (Å²) in [6.07, 6.45) is -0.444. The predicted molar refractivity (Wildman–Crippen MR) is 87.3 cm³/mol. The van der Waals surface area contributed by atoms with Crippen LogP contribution in [-0.2, 0) is 4.74 Å². The normalized spacial score (nSPS) is 18.3. The van der Waals surface area contributed by atoms with Crippen molar-refractivity contribution in [3.8, 4) is 5.75 Å². The topological polar surface area (TPSA) is 45.2 Å². The van der Waals surface area contributed by atoms with E-state index in [-0.39, 0.29) is 0 Å². The fraction of sp³-hybridized carbons (Fsp3) is 0.647. The first-order valence-corrected chi connectivity index (χ1v) is 8.07. The lowest BCUT2D eigenvalue weighted by Gasteiger charge is -2.35. The van der Waals surface area contributed by atoms with Crippen LogP contribution in [0.25, 0.3) is 0 Å². The summed E-state index contributed by atoms with van der Waals surface area (Å²) in [6.45, 7) is 9.40. The Bertz CT molecular complexity index is 416. The van der Waals surface area contributed by atoms with Gasteiger partial charge in [-0.25, -0.2) is 0 Å². The zero-order chi connectivity index (χ0) is 15.8. The second kappa shape index (κ2) is 9.10. The van der Waals surface area contributed by atoms with Crippen molar-refractivity contribution in [3.63, 3.8) is 0 Å². The molecule has 0 bridgehead atoms. The molecule has 0 aliphatic carbocycles. The highest BCUT2D eigenvalue weighted by molar-refractivity contribution is 5.28. The zero-order valence-corrected chi connectivity index (χ0v) is 13.7. The molecular formula is C17H28N2O3. The number of aliphatic hydroxyl groups is 1. The number of β-amino-alcohol motifs (C(OH)–C–C–N with tert-alkyl or cyclic N) is 1. The van der Waals surface area contributed by atoms with Crippen molar-refractivity contribution in [2.45, 2.75) is 13.0 Å². The molecule has 1 fully saturated rings. The third kappa shape index (κ3) is 5.25. The average molecular weight is 308 g/mol. The van der Waals surface area contributed by atoms with E-state index in [1.165, 1.54) is 0 Å². The van der Waals surface area contributed by atoms with Gasteiger partial charge in [-0.05, 0) is 24.6 Å². The zero-order valence-electron chi connectivity index (χ0n) is 13.7. The molecule has 0 saturated carbocycles. The minimum atomic E-state index is -0.444. The number of ether oxygens (including phenoxy) is 2. The van der Waals surface area contributed by atoms with Gasteiger partial charge in [-0.1, -0.05) is 12.1 Å². The maximum atomic E-state index is 10.4. The minimum absolute atomic E-state index is 0.444. The lowest BCUT2D eigenvalue weighted by molar-refractivity contribution is 0.0550. The Kier molecular flexibility index (Phi) is 7.12. The maximum absolute atomic E-state index is 10.4. The van der Waals surface area contributed by atoms with E-state index in [1.54, 1.807) is 7.11 Å². The van der Waals surface area contributed by atoms with Crippen molar-refractivity contribution in [2.75, 3.05) is 59.6 Å². The number of benzene rings is 1. The summed E-state index contributed by atoms with van der Waals surface area (Å²) in [7, 11) is 1.65. The molecule has 2 rings (SSSR count). The van der Waals surface area contributed by atoms with E-state index in [0.29, 0.717) is 6.54 Å². The first kappa shape index (κ1) is 17.2. The van der Waals surface area contributed by atoms with Gasteiger partial charge in [0.1, 0.15) is 5.75 Å². The summed E-state index contributed by atoms with van der Waals surface area (Å²) < 4.78 is 10.5. The molecule has 1 atom stereocenters. The Labute approximate surface area is 133 Å². The molecule has 0 unspecified atom stereocenters. The van der Waals surface area contributed by atoms with Crippen molar-refractivity contribution in [3.05, 3.63) is 29.8 Å². The van der Waals surface area contributed by atoms with Crippen LogP contribution in [0, 0.1) is 0 Å². The van der Waals surface area contributed by atoms with Gasteiger partial charge in [0.15, 0.2) is 0 Å². The quantitative estimate of drug-likeness (QED) is 0.735. The minimum Gasteiger partial charge on any atom is -0.497 e. The SMILES string of the molecule is CCOCCN1CCN(C[C@H](O)c2ccc(OC)cc2)CC1. The molecule has 22 heavy (non-hydrogen) atoms. The van der Waals surface area contributed by atoms with Gasteiger partial charge >= 0.3 is 0 Å². The third-order valence-electron chi connectivity index (χ3n) is 4.15. The van der Waals surface area contributed by atoms with Crippen LogP contribution >= 0.6 is 0 Å².